The van der Waals surface area contributed by atoms with Gasteiger partial charge in [-0.15, -0.1) is 0 Å². The summed E-state index contributed by atoms with van der Waals surface area (Å²) in [6.07, 6.45) is -1.36. The predicted octanol–water partition coefficient (Wildman–Crippen LogP) is 5.82. The first-order valence-corrected chi connectivity index (χ1v) is 11.2. The number of nitrogens with one attached hydrogen (secondary N) is 2. The zero-order valence-corrected chi connectivity index (χ0v) is 18.8. The van der Waals surface area contributed by atoms with Gasteiger partial charge in [-0.2, -0.15) is 13.2 Å². The van der Waals surface area contributed by atoms with Crippen LogP contribution in [0.4, 0.5) is 35.0 Å². The van der Waals surface area contributed by atoms with E-state index in [1.54, 1.807) is 23.1 Å². The van der Waals surface area contributed by atoms with Gasteiger partial charge >= 0.3 is 12.2 Å². The van der Waals surface area contributed by atoms with Gasteiger partial charge in [-0.1, -0.05) is 12.1 Å². The number of hydrogen-bond acceptors (Lipinski definition) is 3. The molecule has 9 heteroatoms. The molecule has 0 saturated carbocycles. The van der Waals surface area contributed by atoms with Gasteiger partial charge in [0.1, 0.15) is 0 Å². The van der Waals surface area contributed by atoms with Crippen LogP contribution < -0.4 is 15.5 Å². The summed E-state index contributed by atoms with van der Waals surface area (Å²) in [4.78, 5) is 29.6. The zero-order valence-electron chi connectivity index (χ0n) is 18.8. The van der Waals surface area contributed by atoms with Gasteiger partial charge in [-0.05, 0) is 63.4 Å². The van der Waals surface area contributed by atoms with E-state index in [4.69, 9.17) is 0 Å². The molecule has 1 heterocycles. The summed E-state index contributed by atoms with van der Waals surface area (Å²) in [5, 5.41) is 4.82. The molecule has 0 atom stereocenters. The molecule has 178 valence electrons. The van der Waals surface area contributed by atoms with E-state index in [1.807, 2.05) is 13.8 Å². The highest BCUT2D eigenvalue weighted by molar-refractivity contribution is 6.04. The maximum absolute atomic E-state index is 13.2. The van der Waals surface area contributed by atoms with E-state index >= 15 is 0 Å². The molecule has 3 amide bonds. The SMILES string of the molecule is CCN(CC)C(=O)c1cc(NC(=O)Nc2ccccc2C(F)(F)F)ccc1N1CCCCC1. The van der Waals surface area contributed by atoms with Gasteiger partial charge in [0.25, 0.3) is 5.91 Å². The molecule has 2 N–H and O–H groups in total. The second-order valence-electron chi connectivity index (χ2n) is 7.88. The van der Waals surface area contributed by atoms with Crippen LogP contribution in [0, 0.1) is 0 Å². The normalized spacial score (nSPS) is 14.0. The third-order valence-electron chi connectivity index (χ3n) is 5.71. The molecule has 3 rings (SSSR count). The lowest BCUT2D eigenvalue weighted by Gasteiger charge is -2.31. The number of rotatable bonds is 6. The Morgan fingerprint density at radius 3 is 2.27 bits per heavy atom. The monoisotopic (exact) mass is 462 g/mol. The molecule has 1 saturated heterocycles. The standard InChI is InChI=1S/C24H29F3N4O2/c1-3-30(4-2)22(32)18-16-17(12-13-21(18)31-14-8-5-9-15-31)28-23(33)29-20-11-7-6-10-19(20)24(25,26)27/h6-7,10-13,16H,3-5,8-9,14-15H2,1-2H3,(H2,28,29,33). The van der Waals surface area contributed by atoms with E-state index in [9.17, 15) is 22.8 Å². The molecule has 0 aromatic heterocycles. The number of urea groups is 1. The molecule has 6 nitrogen and oxygen atoms in total. The third kappa shape index (κ3) is 5.97. The molecule has 2 aromatic carbocycles. The second-order valence-corrected chi connectivity index (χ2v) is 7.88. The van der Waals surface area contributed by atoms with Crippen molar-refractivity contribution in [1.82, 2.24) is 4.90 Å². The van der Waals surface area contributed by atoms with E-state index < -0.39 is 17.8 Å². The number of carbonyl (C=O) groups excluding carboxylic acids is 2. The number of amides is 3. The highest BCUT2D eigenvalue weighted by Crippen LogP contribution is 2.35. The van der Waals surface area contributed by atoms with E-state index in [0.717, 1.165) is 44.1 Å². The van der Waals surface area contributed by atoms with Crippen LogP contribution in [0.25, 0.3) is 0 Å². The number of alkyl halides is 3. The molecule has 0 aliphatic carbocycles. The van der Waals surface area contributed by atoms with Crippen molar-refractivity contribution >= 4 is 29.0 Å². The fraction of sp³-hybridized carbons (Fsp3) is 0.417. The Morgan fingerprint density at radius 1 is 0.970 bits per heavy atom. The van der Waals surface area contributed by atoms with Crippen LogP contribution in [0.15, 0.2) is 42.5 Å². The van der Waals surface area contributed by atoms with Gasteiger partial charge in [-0.25, -0.2) is 4.79 Å². The molecule has 0 bridgehead atoms. The summed E-state index contributed by atoms with van der Waals surface area (Å²) in [6.45, 7) is 6.58. The minimum absolute atomic E-state index is 0.146. The van der Waals surface area contributed by atoms with Crippen molar-refractivity contribution in [2.75, 3.05) is 41.7 Å². The van der Waals surface area contributed by atoms with Crippen LogP contribution >= 0.6 is 0 Å². The second kappa shape index (κ2) is 10.6. The maximum atomic E-state index is 13.2. The van der Waals surface area contributed by atoms with Crippen LogP contribution in [-0.2, 0) is 6.18 Å². The van der Waals surface area contributed by atoms with Gasteiger partial charge in [-0.3, -0.25) is 4.79 Å². The van der Waals surface area contributed by atoms with Crippen LogP contribution in [0.1, 0.15) is 49.0 Å². The largest absolute Gasteiger partial charge is 0.418 e. The number of para-hydroxylation sites is 1. The van der Waals surface area contributed by atoms with Gasteiger partial charge in [0, 0.05) is 37.6 Å². The van der Waals surface area contributed by atoms with Gasteiger partial charge in [0.05, 0.1) is 16.8 Å². The van der Waals surface area contributed by atoms with Crippen molar-refractivity contribution in [3.8, 4) is 0 Å². The zero-order chi connectivity index (χ0) is 24.0. The average Bonchev–Trinajstić information content (AvgIpc) is 2.80. The van der Waals surface area contributed by atoms with Crippen LogP contribution in [0.5, 0.6) is 0 Å². The molecule has 1 aliphatic heterocycles. The van der Waals surface area contributed by atoms with E-state index in [0.29, 0.717) is 24.3 Å². The van der Waals surface area contributed by atoms with Crippen molar-refractivity contribution in [3.63, 3.8) is 0 Å². The van der Waals surface area contributed by atoms with E-state index in [2.05, 4.69) is 15.5 Å². The maximum Gasteiger partial charge on any atom is 0.418 e. The minimum atomic E-state index is -4.59. The molecular formula is C24H29F3N4O2. The summed E-state index contributed by atoms with van der Waals surface area (Å²) < 4.78 is 39.6. The molecule has 0 radical (unpaired) electrons. The topological polar surface area (TPSA) is 64.7 Å². The number of halogens is 3. The summed E-state index contributed by atoms with van der Waals surface area (Å²) in [5.41, 5.74) is 0.326. The summed E-state index contributed by atoms with van der Waals surface area (Å²) in [7, 11) is 0. The highest BCUT2D eigenvalue weighted by atomic mass is 19.4. The Balaban J connectivity index is 1.86. The van der Waals surface area contributed by atoms with Gasteiger partial charge in [0.15, 0.2) is 0 Å². The van der Waals surface area contributed by atoms with Crippen molar-refractivity contribution in [2.45, 2.75) is 39.3 Å². The summed E-state index contributed by atoms with van der Waals surface area (Å²) in [5.74, 6) is -0.146. The Labute approximate surface area is 191 Å². The molecule has 0 unspecified atom stereocenters. The predicted molar refractivity (Wildman–Crippen MR) is 124 cm³/mol. The Bertz CT molecular complexity index is 984. The average molecular weight is 463 g/mol. The van der Waals surface area contributed by atoms with Crippen molar-refractivity contribution < 1.29 is 22.8 Å². The number of anilines is 3. The Hall–Kier alpha value is -3.23. The quantitative estimate of drug-likeness (QED) is 0.568. The molecular weight excluding hydrogens is 433 g/mol. The first-order valence-electron chi connectivity index (χ1n) is 11.2. The van der Waals surface area contributed by atoms with Gasteiger partial charge < -0.3 is 20.4 Å². The molecule has 1 fully saturated rings. The number of carbonyl (C=O) groups is 2. The first kappa shape index (κ1) is 24.4. The Kier molecular flexibility index (Phi) is 7.84. The van der Waals surface area contributed by atoms with Crippen molar-refractivity contribution in [1.29, 1.82) is 0 Å². The number of benzene rings is 2. The molecule has 2 aromatic rings. The van der Waals surface area contributed by atoms with Crippen LogP contribution in [-0.4, -0.2) is 43.0 Å². The minimum Gasteiger partial charge on any atom is -0.371 e. The number of hydrogen-bond donors (Lipinski definition) is 2. The van der Waals surface area contributed by atoms with E-state index in [1.165, 1.54) is 18.2 Å². The lowest BCUT2D eigenvalue weighted by atomic mass is 10.1. The number of nitrogens with zero attached hydrogens (tertiary/aromatic N) is 2. The highest BCUT2D eigenvalue weighted by Gasteiger charge is 2.33. The molecule has 33 heavy (non-hydrogen) atoms. The summed E-state index contributed by atoms with van der Waals surface area (Å²) in [6, 6.07) is 9.01. The van der Waals surface area contributed by atoms with Gasteiger partial charge in [0.2, 0.25) is 0 Å². The smallest absolute Gasteiger partial charge is 0.371 e. The van der Waals surface area contributed by atoms with Crippen LogP contribution in [0.3, 0.4) is 0 Å². The third-order valence-corrected chi connectivity index (χ3v) is 5.71. The lowest BCUT2D eigenvalue weighted by Crippen LogP contribution is -2.35. The lowest BCUT2D eigenvalue weighted by molar-refractivity contribution is -0.136. The van der Waals surface area contributed by atoms with Crippen molar-refractivity contribution in [3.05, 3.63) is 53.6 Å². The molecule has 0 spiro atoms. The number of piperidine rings is 1. The molecule has 1 aliphatic rings. The van der Waals surface area contributed by atoms with Crippen molar-refractivity contribution in [2.24, 2.45) is 0 Å². The Morgan fingerprint density at radius 2 is 1.64 bits per heavy atom. The summed E-state index contributed by atoms with van der Waals surface area (Å²) >= 11 is 0. The van der Waals surface area contributed by atoms with Crippen LogP contribution in [0.2, 0.25) is 0 Å². The van der Waals surface area contributed by atoms with E-state index in [-0.39, 0.29) is 11.6 Å². The first-order chi connectivity index (χ1) is 15.7. The fourth-order valence-electron chi connectivity index (χ4n) is 4.00. The fourth-order valence-corrected chi connectivity index (χ4v) is 4.00.